The molecule has 90 valence electrons. The standard InChI is InChI=1S/C12H11Br2NO2/c1-7-11(10(14)6-16)15-12(17-7)8-2-4-9(13)5-3-8/h2-5,10,16H,6H2,1H3. The Morgan fingerprint density at radius 1 is 1.35 bits per heavy atom. The van der Waals surface area contributed by atoms with Crippen molar-refractivity contribution in [1.29, 1.82) is 0 Å². The van der Waals surface area contributed by atoms with Crippen molar-refractivity contribution in [1.82, 2.24) is 4.98 Å². The number of halogens is 2. The van der Waals surface area contributed by atoms with Gasteiger partial charge in [-0.25, -0.2) is 4.98 Å². The van der Waals surface area contributed by atoms with E-state index < -0.39 is 0 Å². The summed E-state index contributed by atoms with van der Waals surface area (Å²) in [6.07, 6.45) is 0. The second-order valence-corrected chi connectivity index (χ2v) is 5.64. The van der Waals surface area contributed by atoms with E-state index in [-0.39, 0.29) is 11.4 Å². The van der Waals surface area contributed by atoms with Crippen molar-refractivity contribution in [3.63, 3.8) is 0 Å². The summed E-state index contributed by atoms with van der Waals surface area (Å²) in [5, 5.41) is 9.09. The molecule has 2 rings (SSSR count). The highest BCUT2D eigenvalue weighted by Crippen LogP contribution is 2.29. The Hall–Kier alpha value is -0.650. The molecule has 0 bridgehead atoms. The Bertz CT molecular complexity index is 508. The van der Waals surface area contributed by atoms with Crippen LogP contribution in [0.4, 0.5) is 0 Å². The highest BCUT2D eigenvalue weighted by atomic mass is 79.9. The number of aromatic nitrogens is 1. The molecule has 0 amide bonds. The molecular weight excluding hydrogens is 350 g/mol. The third kappa shape index (κ3) is 2.78. The van der Waals surface area contributed by atoms with Gasteiger partial charge in [-0.1, -0.05) is 31.9 Å². The first-order valence-electron chi connectivity index (χ1n) is 5.10. The van der Waals surface area contributed by atoms with E-state index in [1.165, 1.54) is 0 Å². The predicted molar refractivity (Wildman–Crippen MR) is 73.1 cm³/mol. The number of oxazole rings is 1. The van der Waals surface area contributed by atoms with Crippen LogP contribution < -0.4 is 0 Å². The average molecular weight is 361 g/mol. The maximum Gasteiger partial charge on any atom is 0.226 e. The summed E-state index contributed by atoms with van der Waals surface area (Å²) in [5.74, 6) is 1.29. The first kappa shape index (κ1) is 12.8. The molecule has 0 aliphatic rings. The number of hydrogen-bond donors (Lipinski definition) is 1. The van der Waals surface area contributed by atoms with Crippen molar-refractivity contribution in [2.45, 2.75) is 11.8 Å². The van der Waals surface area contributed by atoms with Gasteiger partial charge in [0.15, 0.2) is 0 Å². The summed E-state index contributed by atoms with van der Waals surface area (Å²) < 4.78 is 6.61. The lowest BCUT2D eigenvalue weighted by Crippen LogP contribution is -1.97. The van der Waals surface area contributed by atoms with Crippen molar-refractivity contribution in [3.05, 3.63) is 40.2 Å². The van der Waals surface area contributed by atoms with E-state index >= 15 is 0 Å². The second-order valence-electron chi connectivity index (χ2n) is 3.62. The van der Waals surface area contributed by atoms with Gasteiger partial charge in [0.2, 0.25) is 5.89 Å². The van der Waals surface area contributed by atoms with Crippen molar-refractivity contribution in [2.24, 2.45) is 0 Å². The van der Waals surface area contributed by atoms with Gasteiger partial charge in [-0.05, 0) is 31.2 Å². The van der Waals surface area contributed by atoms with Crippen LogP contribution in [0.15, 0.2) is 33.2 Å². The van der Waals surface area contributed by atoms with Gasteiger partial charge >= 0.3 is 0 Å². The van der Waals surface area contributed by atoms with Crippen molar-refractivity contribution in [2.75, 3.05) is 6.61 Å². The first-order chi connectivity index (χ1) is 8.11. The lowest BCUT2D eigenvalue weighted by molar-refractivity contribution is 0.296. The summed E-state index contributed by atoms with van der Waals surface area (Å²) in [6, 6.07) is 7.74. The Balaban J connectivity index is 2.37. The molecule has 0 saturated heterocycles. The van der Waals surface area contributed by atoms with Crippen LogP contribution in [0.25, 0.3) is 11.5 Å². The van der Waals surface area contributed by atoms with E-state index in [0.717, 1.165) is 21.5 Å². The van der Waals surface area contributed by atoms with Crippen molar-refractivity contribution >= 4 is 31.9 Å². The largest absolute Gasteiger partial charge is 0.441 e. The molecule has 0 radical (unpaired) electrons. The Labute approximate surface area is 116 Å². The molecule has 1 atom stereocenters. The normalized spacial score (nSPS) is 12.7. The summed E-state index contributed by atoms with van der Waals surface area (Å²) in [6.45, 7) is 1.84. The number of benzene rings is 1. The monoisotopic (exact) mass is 359 g/mol. The van der Waals surface area contributed by atoms with Crippen LogP contribution in [0.5, 0.6) is 0 Å². The topological polar surface area (TPSA) is 46.3 Å². The van der Waals surface area contributed by atoms with Crippen LogP contribution in [0.2, 0.25) is 0 Å². The molecule has 1 N–H and O–H groups in total. The SMILES string of the molecule is Cc1oc(-c2ccc(Br)cc2)nc1C(Br)CO. The van der Waals surface area contributed by atoms with E-state index in [0.29, 0.717) is 5.89 Å². The number of aryl methyl sites for hydroxylation is 1. The van der Waals surface area contributed by atoms with E-state index in [9.17, 15) is 0 Å². The first-order valence-corrected chi connectivity index (χ1v) is 6.81. The van der Waals surface area contributed by atoms with Gasteiger partial charge in [-0.3, -0.25) is 0 Å². The third-order valence-corrected chi connectivity index (χ3v) is 3.63. The molecule has 0 aliphatic carbocycles. The molecule has 2 aromatic rings. The van der Waals surface area contributed by atoms with Crippen LogP contribution in [0.3, 0.4) is 0 Å². The zero-order valence-electron chi connectivity index (χ0n) is 9.15. The van der Waals surface area contributed by atoms with E-state index in [2.05, 4.69) is 36.8 Å². The molecule has 1 aromatic carbocycles. The van der Waals surface area contributed by atoms with Crippen LogP contribution in [-0.4, -0.2) is 16.7 Å². The van der Waals surface area contributed by atoms with Gasteiger partial charge in [0.05, 0.1) is 17.1 Å². The highest BCUT2D eigenvalue weighted by Gasteiger charge is 2.17. The molecular formula is C12H11Br2NO2. The minimum Gasteiger partial charge on any atom is -0.441 e. The van der Waals surface area contributed by atoms with E-state index in [4.69, 9.17) is 9.52 Å². The lowest BCUT2D eigenvalue weighted by Gasteiger charge is -2.00. The number of hydrogen-bond acceptors (Lipinski definition) is 3. The molecule has 0 saturated carbocycles. The van der Waals surface area contributed by atoms with Crippen molar-refractivity contribution in [3.8, 4) is 11.5 Å². The number of alkyl halides is 1. The van der Waals surface area contributed by atoms with Crippen LogP contribution >= 0.6 is 31.9 Å². The summed E-state index contributed by atoms with van der Waals surface area (Å²) in [7, 11) is 0. The molecule has 0 fully saturated rings. The van der Waals surface area contributed by atoms with Crippen LogP contribution in [-0.2, 0) is 0 Å². The molecule has 0 spiro atoms. The number of aliphatic hydroxyl groups is 1. The van der Waals surface area contributed by atoms with Gasteiger partial charge in [-0.15, -0.1) is 0 Å². The zero-order valence-corrected chi connectivity index (χ0v) is 12.3. The fourth-order valence-electron chi connectivity index (χ4n) is 1.50. The Morgan fingerprint density at radius 3 is 2.59 bits per heavy atom. The Morgan fingerprint density at radius 2 is 2.00 bits per heavy atom. The zero-order chi connectivity index (χ0) is 12.4. The molecule has 5 heteroatoms. The minimum atomic E-state index is -0.185. The molecule has 3 nitrogen and oxygen atoms in total. The molecule has 1 heterocycles. The summed E-state index contributed by atoms with van der Waals surface area (Å²) >= 11 is 6.73. The average Bonchev–Trinajstić information content (AvgIpc) is 2.71. The maximum atomic E-state index is 9.09. The van der Waals surface area contributed by atoms with Gasteiger partial charge in [0.25, 0.3) is 0 Å². The fourth-order valence-corrected chi connectivity index (χ4v) is 2.19. The molecule has 1 unspecified atom stereocenters. The fraction of sp³-hybridized carbons (Fsp3) is 0.250. The Kier molecular flexibility index (Phi) is 4.01. The van der Waals surface area contributed by atoms with E-state index in [1.54, 1.807) is 0 Å². The van der Waals surface area contributed by atoms with Gasteiger partial charge in [0, 0.05) is 10.0 Å². The second kappa shape index (κ2) is 5.33. The molecule has 0 aliphatic heterocycles. The molecule has 1 aromatic heterocycles. The number of aliphatic hydroxyl groups excluding tert-OH is 1. The highest BCUT2D eigenvalue weighted by molar-refractivity contribution is 9.10. The number of rotatable bonds is 3. The maximum absolute atomic E-state index is 9.09. The van der Waals surface area contributed by atoms with Gasteiger partial charge in [-0.2, -0.15) is 0 Å². The van der Waals surface area contributed by atoms with Gasteiger partial charge < -0.3 is 9.52 Å². The molecule has 17 heavy (non-hydrogen) atoms. The van der Waals surface area contributed by atoms with E-state index in [1.807, 2.05) is 31.2 Å². The lowest BCUT2D eigenvalue weighted by atomic mass is 10.2. The minimum absolute atomic E-state index is 0.00679. The quantitative estimate of drug-likeness (QED) is 0.846. The summed E-state index contributed by atoms with van der Waals surface area (Å²) in [4.78, 5) is 4.21. The van der Waals surface area contributed by atoms with Gasteiger partial charge in [0.1, 0.15) is 5.76 Å². The van der Waals surface area contributed by atoms with Crippen LogP contribution in [0.1, 0.15) is 16.3 Å². The predicted octanol–water partition coefficient (Wildman–Crippen LogP) is 3.84. The third-order valence-electron chi connectivity index (χ3n) is 2.38. The smallest absolute Gasteiger partial charge is 0.226 e. The summed E-state index contributed by atoms with van der Waals surface area (Å²) in [5.41, 5.74) is 1.66. The van der Waals surface area contributed by atoms with Crippen LogP contribution in [0, 0.1) is 6.92 Å². The number of nitrogens with zero attached hydrogens (tertiary/aromatic N) is 1. The van der Waals surface area contributed by atoms with Crippen molar-refractivity contribution < 1.29 is 9.52 Å².